The number of hydrogen-bond acceptors (Lipinski definition) is 4. The standard InChI is InChI=1S/C17H19F2NO4/c1-2-24-16(23)20-13(9-11-15(20)22)8-10-14(21)17(18,19)12-6-4-3-5-7-12/h3-8,10,13-14,21H,2,9,11H2,1H3/b10-8+/t13-,14+/m0/s1. The molecule has 0 bridgehead atoms. The van der Waals surface area contributed by atoms with Gasteiger partial charge in [-0.1, -0.05) is 42.5 Å². The van der Waals surface area contributed by atoms with Crippen LogP contribution >= 0.6 is 0 Å². The molecule has 0 unspecified atom stereocenters. The first kappa shape index (κ1) is 18.1. The molecule has 2 rings (SSSR count). The number of benzene rings is 1. The molecule has 1 heterocycles. The van der Waals surface area contributed by atoms with E-state index >= 15 is 0 Å². The van der Waals surface area contributed by atoms with Crippen molar-refractivity contribution < 1.29 is 28.2 Å². The maximum atomic E-state index is 14.2. The van der Waals surface area contributed by atoms with Gasteiger partial charge in [-0.15, -0.1) is 0 Å². The Kier molecular flexibility index (Phi) is 5.66. The number of aliphatic hydroxyl groups excluding tert-OH is 1. The van der Waals surface area contributed by atoms with Crippen molar-refractivity contribution in [3.05, 3.63) is 48.0 Å². The van der Waals surface area contributed by atoms with Crippen molar-refractivity contribution in [3.8, 4) is 0 Å². The Bertz CT molecular complexity index is 618. The molecule has 2 atom stereocenters. The van der Waals surface area contributed by atoms with Gasteiger partial charge in [0, 0.05) is 12.0 Å². The minimum atomic E-state index is -3.48. The molecule has 5 nitrogen and oxygen atoms in total. The molecule has 1 aromatic carbocycles. The third-order valence-electron chi connectivity index (χ3n) is 3.76. The van der Waals surface area contributed by atoms with E-state index in [-0.39, 0.29) is 18.6 Å². The first-order valence-electron chi connectivity index (χ1n) is 7.66. The Balaban J connectivity index is 2.11. The van der Waals surface area contributed by atoms with Crippen LogP contribution in [0.25, 0.3) is 0 Å². The highest BCUT2D eigenvalue weighted by Crippen LogP contribution is 2.32. The Labute approximate surface area is 138 Å². The summed E-state index contributed by atoms with van der Waals surface area (Å²) in [6.07, 6.45) is -0.276. The SMILES string of the molecule is CCOC(=O)N1C(=O)CC[C@@H]1/C=C/[C@@H](O)C(F)(F)c1ccccc1. The van der Waals surface area contributed by atoms with Crippen molar-refractivity contribution in [2.45, 2.75) is 37.8 Å². The predicted molar refractivity (Wildman–Crippen MR) is 82.4 cm³/mol. The molecule has 130 valence electrons. The minimum Gasteiger partial charge on any atom is -0.449 e. The van der Waals surface area contributed by atoms with Crippen molar-refractivity contribution >= 4 is 12.0 Å². The summed E-state index contributed by atoms with van der Waals surface area (Å²) >= 11 is 0. The van der Waals surface area contributed by atoms with E-state index in [0.717, 1.165) is 11.0 Å². The van der Waals surface area contributed by atoms with Gasteiger partial charge in [0.1, 0.15) is 6.10 Å². The second-order valence-electron chi connectivity index (χ2n) is 5.39. The van der Waals surface area contributed by atoms with Crippen LogP contribution in [0.5, 0.6) is 0 Å². The number of carbonyl (C=O) groups excluding carboxylic acids is 2. The molecule has 1 aliphatic heterocycles. The second-order valence-corrected chi connectivity index (χ2v) is 5.39. The van der Waals surface area contributed by atoms with E-state index in [0.29, 0.717) is 6.42 Å². The number of ether oxygens (including phenoxy) is 1. The molecule has 7 heteroatoms. The molecule has 1 fully saturated rings. The molecular weight excluding hydrogens is 320 g/mol. The van der Waals surface area contributed by atoms with Crippen LogP contribution < -0.4 is 0 Å². The van der Waals surface area contributed by atoms with Crippen LogP contribution in [0.3, 0.4) is 0 Å². The van der Waals surface area contributed by atoms with Crippen molar-refractivity contribution in [2.75, 3.05) is 6.61 Å². The lowest BCUT2D eigenvalue weighted by Crippen LogP contribution is -2.38. The Morgan fingerprint density at radius 1 is 1.46 bits per heavy atom. The zero-order valence-electron chi connectivity index (χ0n) is 13.2. The number of nitrogens with zero attached hydrogens (tertiary/aromatic N) is 1. The number of alkyl halides is 2. The van der Waals surface area contributed by atoms with Crippen LogP contribution in [0, 0.1) is 0 Å². The molecular formula is C17H19F2NO4. The zero-order valence-corrected chi connectivity index (χ0v) is 13.2. The van der Waals surface area contributed by atoms with Gasteiger partial charge in [-0.3, -0.25) is 4.79 Å². The van der Waals surface area contributed by atoms with E-state index in [2.05, 4.69) is 0 Å². The van der Waals surface area contributed by atoms with Gasteiger partial charge in [0.2, 0.25) is 5.91 Å². The molecule has 1 aliphatic rings. The van der Waals surface area contributed by atoms with Crippen LogP contribution in [0.1, 0.15) is 25.3 Å². The molecule has 0 spiro atoms. The van der Waals surface area contributed by atoms with E-state index in [9.17, 15) is 23.5 Å². The molecule has 2 amide bonds. The largest absolute Gasteiger partial charge is 0.449 e. The third kappa shape index (κ3) is 3.79. The lowest BCUT2D eigenvalue weighted by atomic mass is 10.0. The van der Waals surface area contributed by atoms with Crippen LogP contribution in [0.15, 0.2) is 42.5 Å². The molecule has 1 aromatic rings. The quantitative estimate of drug-likeness (QED) is 0.838. The summed E-state index contributed by atoms with van der Waals surface area (Å²) in [5, 5.41) is 9.83. The van der Waals surface area contributed by atoms with E-state index in [1.54, 1.807) is 13.0 Å². The molecule has 0 aliphatic carbocycles. The first-order valence-corrected chi connectivity index (χ1v) is 7.66. The van der Waals surface area contributed by atoms with Gasteiger partial charge < -0.3 is 9.84 Å². The molecule has 1 saturated heterocycles. The van der Waals surface area contributed by atoms with Crippen LogP contribution in [0.4, 0.5) is 13.6 Å². The van der Waals surface area contributed by atoms with Gasteiger partial charge in [0.05, 0.1) is 12.6 Å². The Morgan fingerprint density at radius 3 is 2.75 bits per heavy atom. The predicted octanol–water partition coefficient (Wildman–Crippen LogP) is 2.84. The number of hydrogen-bond donors (Lipinski definition) is 1. The normalized spacial score (nSPS) is 19.8. The maximum absolute atomic E-state index is 14.2. The average Bonchev–Trinajstić information content (AvgIpc) is 2.94. The average molecular weight is 339 g/mol. The molecule has 1 N–H and O–H groups in total. The van der Waals surface area contributed by atoms with Gasteiger partial charge in [-0.25, -0.2) is 9.69 Å². The van der Waals surface area contributed by atoms with E-state index in [4.69, 9.17) is 4.74 Å². The minimum absolute atomic E-state index is 0.105. The summed E-state index contributed by atoms with van der Waals surface area (Å²) in [6.45, 7) is 1.71. The number of rotatable bonds is 5. The lowest BCUT2D eigenvalue weighted by Gasteiger charge is -2.22. The molecule has 0 aromatic heterocycles. The lowest BCUT2D eigenvalue weighted by molar-refractivity contribution is -0.126. The molecule has 0 saturated carbocycles. The van der Waals surface area contributed by atoms with Gasteiger partial charge in [0.25, 0.3) is 0 Å². The number of halogens is 2. The van der Waals surface area contributed by atoms with Crippen molar-refractivity contribution in [1.82, 2.24) is 4.90 Å². The highest BCUT2D eigenvalue weighted by atomic mass is 19.3. The highest BCUT2D eigenvalue weighted by Gasteiger charge is 2.40. The van der Waals surface area contributed by atoms with E-state index in [1.165, 1.54) is 30.3 Å². The number of amides is 2. The Morgan fingerprint density at radius 2 is 2.12 bits per heavy atom. The summed E-state index contributed by atoms with van der Waals surface area (Å²) in [7, 11) is 0. The van der Waals surface area contributed by atoms with Crippen LogP contribution in [-0.4, -0.2) is 40.8 Å². The first-order chi connectivity index (χ1) is 11.4. The summed E-state index contributed by atoms with van der Waals surface area (Å²) in [4.78, 5) is 24.4. The van der Waals surface area contributed by atoms with Gasteiger partial charge in [-0.2, -0.15) is 8.78 Å². The van der Waals surface area contributed by atoms with Crippen molar-refractivity contribution in [3.63, 3.8) is 0 Å². The fourth-order valence-corrected chi connectivity index (χ4v) is 2.50. The third-order valence-corrected chi connectivity index (χ3v) is 3.76. The van der Waals surface area contributed by atoms with Crippen molar-refractivity contribution in [2.24, 2.45) is 0 Å². The number of likely N-dealkylation sites (tertiary alicyclic amines) is 1. The summed E-state index contributed by atoms with van der Waals surface area (Å²) < 4.78 is 33.2. The fourth-order valence-electron chi connectivity index (χ4n) is 2.50. The second kappa shape index (κ2) is 7.53. The van der Waals surface area contributed by atoms with Gasteiger partial charge in [-0.05, 0) is 13.3 Å². The number of aliphatic hydroxyl groups is 1. The van der Waals surface area contributed by atoms with E-state index < -0.39 is 30.1 Å². The molecule has 24 heavy (non-hydrogen) atoms. The molecule has 0 radical (unpaired) electrons. The van der Waals surface area contributed by atoms with Crippen LogP contribution in [-0.2, 0) is 15.5 Å². The van der Waals surface area contributed by atoms with E-state index in [1.807, 2.05) is 0 Å². The number of imide groups is 1. The van der Waals surface area contributed by atoms with Gasteiger partial charge >= 0.3 is 12.0 Å². The topological polar surface area (TPSA) is 66.8 Å². The van der Waals surface area contributed by atoms with Crippen LogP contribution in [0.2, 0.25) is 0 Å². The fraction of sp³-hybridized carbons (Fsp3) is 0.412. The summed E-state index contributed by atoms with van der Waals surface area (Å²) in [6, 6.07) is 6.26. The monoisotopic (exact) mass is 339 g/mol. The smallest absolute Gasteiger partial charge is 0.417 e. The Hall–Kier alpha value is -2.28. The summed E-state index contributed by atoms with van der Waals surface area (Å²) in [5.41, 5.74) is -0.313. The van der Waals surface area contributed by atoms with Crippen molar-refractivity contribution in [1.29, 1.82) is 0 Å². The zero-order chi connectivity index (χ0) is 17.7. The highest BCUT2D eigenvalue weighted by molar-refractivity contribution is 5.94. The number of carbonyl (C=O) groups is 2. The summed E-state index contributed by atoms with van der Waals surface area (Å²) in [5.74, 6) is -3.90. The van der Waals surface area contributed by atoms with Gasteiger partial charge in [0.15, 0.2) is 0 Å². The maximum Gasteiger partial charge on any atom is 0.417 e.